The summed E-state index contributed by atoms with van der Waals surface area (Å²) in [6, 6.07) is 0. The van der Waals surface area contributed by atoms with Gasteiger partial charge in [-0.1, -0.05) is 19.8 Å². The topological polar surface area (TPSA) is 83.5 Å². The van der Waals surface area contributed by atoms with Crippen molar-refractivity contribution in [3.8, 4) is 0 Å². The average molecular weight is 411 g/mol. The zero-order valence-electron chi connectivity index (χ0n) is 17.3. The van der Waals surface area contributed by atoms with E-state index in [-0.39, 0.29) is 12.1 Å². The van der Waals surface area contributed by atoms with Gasteiger partial charge in [-0.25, -0.2) is 0 Å². The molecule has 5 fully saturated rings. The first-order valence-electron chi connectivity index (χ1n) is 11.6. The van der Waals surface area contributed by atoms with Gasteiger partial charge in [-0.05, 0) is 32.1 Å². The summed E-state index contributed by atoms with van der Waals surface area (Å²) in [6.45, 7) is 1.93. The van der Waals surface area contributed by atoms with Crippen molar-refractivity contribution in [2.45, 2.75) is 132 Å². The van der Waals surface area contributed by atoms with E-state index >= 15 is 0 Å². The zero-order chi connectivity index (χ0) is 20.1. The number of fused-ring (bicyclic) bond motifs is 3. The Morgan fingerprint density at radius 1 is 0.828 bits per heavy atom. The lowest BCUT2D eigenvalue weighted by molar-refractivity contribution is -0.226. The molecule has 7 heteroatoms. The summed E-state index contributed by atoms with van der Waals surface area (Å²) >= 11 is 0. The highest BCUT2D eigenvalue weighted by molar-refractivity contribution is 5.69. The van der Waals surface area contributed by atoms with Crippen LogP contribution in [-0.2, 0) is 28.5 Å². The monoisotopic (exact) mass is 410 g/mol. The van der Waals surface area contributed by atoms with Crippen LogP contribution in [0.3, 0.4) is 0 Å². The fourth-order valence-corrected chi connectivity index (χ4v) is 5.93. The maximum absolute atomic E-state index is 12.3. The minimum Gasteiger partial charge on any atom is -0.457 e. The second-order valence-corrected chi connectivity index (χ2v) is 9.47. The van der Waals surface area contributed by atoms with Crippen LogP contribution < -0.4 is 0 Å². The van der Waals surface area contributed by atoms with Gasteiger partial charge in [0.05, 0.1) is 0 Å². The Hall–Kier alpha value is -0.730. The van der Waals surface area contributed by atoms with Crippen LogP contribution in [0.25, 0.3) is 0 Å². The molecule has 3 aliphatic carbocycles. The molecular formula is C22H34O7. The molecule has 5 rings (SSSR count). The number of hydrogen-bond acceptors (Lipinski definition) is 7. The van der Waals surface area contributed by atoms with Crippen molar-refractivity contribution < 1.29 is 33.6 Å². The maximum Gasteiger partial charge on any atom is 0.306 e. The van der Waals surface area contributed by atoms with Gasteiger partial charge in [0, 0.05) is 32.1 Å². The van der Waals surface area contributed by atoms with E-state index in [1.54, 1.807) is 0 Å². The molecular weight excluding hydrogens is 376 g/mol. The maximum atomic E-state index is 12.3. The molecule has 3 saturated carbocycles. The standard InChI is InChI=1S/C22H34O7/c1-2-9-14(23)25-16-15(24)17-19(28-21(26-17)10-5-3-6-11-21)20-18(16)27-22(29-20)12-7-4-8-13-22/h15-20,24H,2-13H2,1H3/t15-,16-,17-,18+,19-,20-/m0/s1. The van der Waals surface area contributed by atoms with Gasteiger partial charge in [0.1, 0.15) is 30.5 Å². The Bertz CT molecular complexity index is 610. The van der Waals surface area contributed by atoms with Crippen molar-refractivity contribution in [2.75, 3.05) is 0 Å². The highest BCUT2D eigenvalue weighted by Crippen LogP contribution is 2.51. The number of esters is 1. The number of rotatable bonds is 3. The third kappa shape index (κ3) is 3.53. The van der Waals surface area contributed by atoms with Crippen molar-refractivity contribution in [1.29, 1.82) is 0 Å². The van der Waals surface area contributed by atoms with Gasteiger partial charge in [0.25, 0.3) is 0 Å². The van der Waals surface area contributed by atoms with Gasteiger partial charge in [-0.2, -0.15) is 0 Å². The molecule has 2 aliphatic heterocycles. The normalized spacial score (nSPS) is 42.6. The number of ether oxygens (including phenoxy) is 5. The first-order chi connectivity index (χ1) is 14.0. The third-order valence-corrected chi connectivity index (χ3v) is 7.32. The molecule has 2 spiro atoms. The van der Waals surface area contributed by atoms with E-state index in [1.165, 1.54) is 12.8 Å². The quantitative estimate of drug-likeness (QED) is 0.716. The average Bonchev–Trinajstić information content (AvgIpc) is 3.26. The van der Waals surface area contributed by atoms with Gasteiger partial charge in [0.2, 0.25) is 0 Å². The fourth-order valence-electron chi connectivity index (χ4n) is 5.93. The summed E-state index contributed by atoms with van der Waals surface area (Å²) < 4.78 is 31.6. The molecule has 0 bridgehead atoms. The Labute approximate surface area is 172 Å². The number of aliphatic hydroxyl groups excluding tert-OH is 1. The lowest BCUT2D eigenvalue weighted by Gasteiger charge is -2.40. The highest BCUT2D eigenvalue weighted by atomic mass is 16.8. The van der Waals surface area contributed by atoms with E-state index < -0.39 is 42.1 Å². The number of aliphatic hydroxyl groups is 1. The van der Waals surface area contributed by atoms with Crippen LogP contribution >= 0.6 is 0 Å². The van der Waals surface area contributed by atoms with E-state index in [0.29, 0.717) is 12.8 Å². The number of carbonyl (C=O) groups is 1. The Morgan fingerprint density at radius 2 is 1.31 bits per heavy atom. The highest BCUT2D eigenvalue weighted by Gasteiger charge is 2.67. The molecule has 6 atom stereocenters. The molecule has 0 unspecified atom stereocenters. The molecule has 0 radical (unpaired) electrons. The third-order valence-electron chi connectivity index (χ3n) is 7.32. The predicted molar refractivity (Wildman–Crippen MR) is 102 cm³/mol. The molecule has 0 aromatic heterocycles. The van der Waals surface area contributed by atoms with Crippen molar-refractivity contribution in [1.82, 2.24) is 0 Å². The largest absolute Gasteiger partial charge is 0.457 e. The SMILES string of the molecule is CCCC(=O)O[C@H]1[C@H](O)[C@@H]2OC3(CCCCC3)O[C@@H]2[C@H]2OC3(CCCCC3)O[C@@H]21. The van der Waals surface area contributed by atoms with E-state index in [1.807, 2.05) is 6.92 Å². The van der Waals surface area contributed by atoms with E-state index in [4.69, 9.17) is 23.7 Å². The van der Waals surface area contributed by atoms with Gasteiger partial charge < -0.3 is 28.8 Å². The molecule has 7 nitrogen and oxygen atoms in total. The lowest BCUT2D eigenvalue weighted by Crippen LogP contribution is -2.62. The Morgan fingerprint density at radius 3 is 1.86 bits per heavy atom. The Kier molecular flexibility index (Phi) is 5.40. The summed E-state index contributed by atoms with van der Waals surface area (Å²) in [5.74, 6) is -1.61. The van der Waals surface area contributed by atoms with Crippen molar-refractivity contribution in [2.24, 2.45) is 0 Å². The molecule has 5 aliphatic rings. The van der Waals surface area contributed by atoms with Crippen molar-refractivity contribution in [3.63, 3.8) is 0 Å². The van der Waals surface area contributed by atoms with Gasteiger partial charge in [-0.3, -0.25) is 4.79 Å². The zero-order valence-corrected chi connectivity index (χ0v) is 17.3. The molecule has 0 aromatic rings. The summed E-state index contributed by atoms with van der Waals surface area (Å²) in [7, 11) is 0. The van der Waals surface area contributed by atoms with E-state index in [0.717, 1.165) is 51.4 Å². The van der Waals surface area contributed by atoms with E-state index in [2.05, 4.69) is 0 Å². The van der Waals surface area contributed by atoms with Crippen LogP contribution in [0, 0.1) is 0 Å². The molecule has 0 aromatic carbocycles. The van der Waals surface area contributed by atoms with Crippen LogP contribution in [-0.4, -0.2) is 59.3 Å². The first kappa shape index (κ1) is 20.2. The molecule has 0 amide bonds. The van der Waals surface area contributed by atoms with Crippen LogP contribution in [0.2, 0.25) is 0 Å². The van der Waals surface area contributed by atoms with Gasteiger partial charge in [0.15, 0.2) is 17.7 Å². The number of hydrogen-bond donors (Lipinski definition) is 1. The molecule has 2 saturated heterocycles. The van der Waals surface area contributed by atoms with Crippen LogP contribution in [0.5, 0.6) is 0 Å². The van der Waals surface area contributed by atoms with Crippen LogP contribution in [0.15, 0.2) is 0 Å². The van der Waals surface area contributed by atoms with E-state index in [9.17, 15) is 9.90 Å². The van der Waals surface area contributed by atoms with Gasteiger partial charge in [-0.15, -0.1) is 0 Å². The first-order valence-corrected chi connectivity index (χ1v) is 11.6. The van der Waals surface area contributed by atoms with Gasteiger partial charge >= 0.3 is 5.97 Å². The smallest absolute Gasteiger partial charge is 0.306 e. The molecule has 164 valence electrons. The van der Waals surface area contributed by atoms with Crippen molar-refractivity contribution >= 4 is 5.97 Å². The van der Waals surface area contributed by atoms with Crippen LogP contribution in [0.4, 0.5) is 0 Å². The van der Waals surface area contributed by atoms with Crippen molar-refractivity contribution in [3.05, 3.63) is 0 Å². The second-order valence-electron chi connectivity index (χ2n) is 9.47. The van der Waals surface area contributed by atoms with Crippen LogP contribution in [0.1, 0.15) is 84.0 Å². The fraction of sp³-hybridized carbons (Fsp3) is 0.955. The number of carbonyl (C=O) groups excluding carboxylic acids is 1. The summed E-state index contributed by atoms with van der Waals surface area (Å²) in [6.07, 6.45) is 7.28. The predicted octanol–water partition coefficient (Wildman–Crippen LogP) is 2.96. The lowest BCUT2D eigenvalue weighted by atomic mass is 9.85. The second kappa shape index (κ2) is 7.75. The summed E-state index contributed by atoms with van der Waals surface area (Å²) in [5, 5.41) is 11.2. The molecule has 29 heavy (non-hydrogen) atoms. The minimum absolute atomic E-state index is 0.312. The molecule has 2 heterocycles. The summed E-state index contributed by atoms with van der Waals surface area (Å²) in [5.41, 5.74) is 0. The minimum atomic E-state index is -0.981. The molecule has 1 N–H and O–H groups in total. The Balaban J connectivity index is 1.43. The summed E-state index contributed by atoms with van der Waals surface area (Å²) in [4.78, 5) is 12.3.